The zero-order chi connectivity index (χ0) is 17.8. The van der Waals surface area contributed by atoms with Gasteiger partial charge in [0, 0.05) is 38.9 Å². The smallest absolute Gasteiger partial charge is 0.267 e. The largest absolute Gasteiger partial charge is 0.485 e. The third kappa shape index (κ3) is 3.80. The van der Waals surface area contributed by atoms with Crippen LogP contribution in [-0.2, 0) is 11.3 Å². The van der Waals surface area contributed by atoms with Crippen molar-refractivity contribution < 1.29 is 14.3 Å². The van der Waals surface area contributed by atoms with E-state index in [-0.39, 0.29) is 12.5 Å². The molecule has 136 valence electrons. The molecule has 6 heteroatoms. The van der Waals surface area contributed by atoms with Gasteiger partial charge in [-0.2, -0.15) is 0 Å². The average Bonchev–Trinajstić information content (AvgIpc) is 2.93. The van der Waals surface area contributed by atoms with E-state index < -0.39 is 6.10 Å². The summed E-state index contributed by atoms with van der Waals surface area (Å²) in [6, 6.07) is 13.5. The number of amides is 1. The van der Waals surface area contributed by atoms with Crippen LogP contribution in [0.2, 0.25) is 0 Å². The first-order chi connectivity index (χ1) is 12.8. The van der Waals surface area contributed by atoms with E-state index in [9.17, 15) is 4.79 Å². The number of benzene rings is 1. The number of fused-ring (bicyclic) bond motifs is 1. The van der Waals surface area contributed by atoms with Crippen molar-refractivity contribution in [2.45, 2.75) is 19.1 Å². The number of hydrogen-bond acceptors (Lipinski definition) is 5. The Morgan fingerprint density at radius 1 is 1.04 bits per heavy atom. The number of para-hydroxylation sites is 2. The molecule has 2 aliphatic rings. The highest BCUT2D eigenvalue weighted by molar-refractivity contribution is 5.82. The van der Waals surface area contributed by atoms with Gasteiger partial charge in [-0.05, 0) is 30.7 Å². The molecule has 3 heterocycles. The number of rotatable bonds is 3. The van der Waals surface area contributed by atoms with E-state index in [2.05, 4.69) is 9.88 Å². The molecule has 4 rings (SSSR count). The lowest BCUT2D eigenvalue weighted by Gasteiger charge is -2.30. The lowest BCUT2D eigenvalue weighted by atomic mass is 10.2. The Labute approximate surface area is 153 Å². The SMILES string of the molecule is O=C(C1COc2ccccc2O1)N1CCCN(Cc2ccccn2)CC1. The van der Waals surface area contributed by atoms with Gasteiger partial charge < -0.3 is 14.4 Å². The third-order valence-electron chi connectivity index (χ3n) is 4.80. The van der Waals surface area contributed by atoms with Gasteiger partial charge in [-0.1, -0.05) is 18.2 Å². The standard InChI is InChI=1S/C20H23N3O3/c24-20(19-15-25-17-7-1-2-8-18(17)26-19)23-11-5-10-22(12-13-23)14-16-6-3-4-9-21-16/h1-4,6-9,19H,5,10-15H2. The number of carbonyl (C=O) groups is 1. The highest BCUT2D eigenvalue weighted by Gasteiger charge is 2.31. The average molecular weight is 353 g/mol. The van der Waals surface area contributed by atoms with Crippen molar-refractivity contribution in [3.63, 3.8) is 0 Å². The number of pyridine rings is 1. The quantitative estimate of drug-likeness (QED) is 0.844. The molecule has 1 amide bonds. The second-order valence-corrected chi connectivity index (χ2v) is 6.64. The van der Waals surface area contributed by atoms with Crippen molar-refractivity contribution in [2.75, 3.05) is 32.8 Å². The van der Waals surface area contributed by atoms with Crippen LogP contribution in [0.4, 0.5) is 0 Å². The van der Waals surface area contributed by atoms with Crippen LogP contribution in [0.25, 0.3) is 0 Å². The summed E-state index contributed by atoms with van der Waals surface area (Å²) in [4.78, 5) is 21.5. The number of ether oxygens (including phenoxy) is 2. The van der Waals surface area contributed by atoms with E-state index in [1.165, 1.54) is 0 Å². The molecule has 0 aliphatic carbocycles. The van der Waals surface area contributed by atoms with Gasteiger partial charge in [0.25, 0.3) is 5.91 Å². The minimum atomic E-state index is -0.563. The molecular formula is C20H23N3O3. The van der Waals surface area contributed by atoms with Crippen LogP contribution >= 0.6 is 0 Å². The minimum Gasteiger partial charge on any atom is -0.485 e. The van der Waals surface area contributed by atoms with E-state index in [1.54, 1.807) is 0 Å². The molecule has 26 heavy (non-hydrogen) atoms. The highest BCUT2D eigenvalue weighted by Crippen LogP contribution is 2.31. The van der Waals surface area contributed by atoms with Crippen LogP contribution in [-0.4, -0.2) is 59.6 Å². The van der Waals surface area contributed by atoms with Crippen molar-refractivity contribution in [1.29, 1.82) is 0 Å². The number of carbonyl (C=O) groups excluding carboxylic acids is 1. The van der Waals surface area contributed by atoms with E-state index >= 15 is 0 Å². The van der Waals surface area contributed by atoms with Crippen molar-refractivity contribution in [1.82, 2.24) is 14.8 Å². The van der Waals surface area contributed by atoms with Gasteiger partial charge in [-0.3, -0.25) is 14.7 Å². The summed E-state index contributed by atoms with van der Waals surface area (Å²) in [5, 5.41) is 0. The molecule has 1 aromatic heterocycles. The Bertz CT molecular complexity index is 753. The minimum absolute atomic E-state index is 0.0131. The maximum Gasteiger partial charge on any atom is 0.267 e. The van der Waals surface area contributed by atoms with Crippen LogP contribution in [0, 0.1) is 0 Å². The lowest BCUT2D eigenvalue weighted by molar-refractivity contribution is -0.141. The van der Waals surface area contributed by atoms with E-state index in [0.29, 0.717) is 18.0 Å². The predicted molar refractivity (Wildman–Crippen MR) is 97.1 cm³/mol. The molecule has 2 aromatic rings. The van der Waals surface area contributed by atoms with Gasteiger partial charge in [0.15, 0.2) is 11.5 Å². The maximum absolute atomic E-state index is 12.9. The molecule has 2 aliphatic heterocycles. The summed E-state index contributed by atoms with van der Waals surface area (Å²) in [6.45, 7) is 4.34. The second-order valence-electron chi connectivity index (χ2n) is 6.64. The Hall–Kier alpha value is -2.60. The van der Waals surface area contributed by atoms with Gasteiger partial charge in [0.05, 0.1) is 5.69 Å². The first-order valence-electron chi connectivity index (χ1n) is 9.09. The van der Waals surface area contributed by atoms with Crippen molar-refractivity contribution >= 4 is 5.91 Å². The molecule has 6 nitrogen and oxygen atoms in total. The molecule has 1 atom stereocenters. The van der Waals surface area contributed by atoms with Crippen molar-refractivity contribution in [3.8, 4) is 11.5 Å². The Balaban J connectivity index is 1.35. The van der Waals surface area contributed by atoms with Crippen LogP contribution in [0.1, 0.15) is 12.1 Å². The molecule has 0 saturated carbocycles. The number of nitrogens with zero attached hydrogens (tertiary/aromatic N) is 3. The number of aromatic nitrogens is 1. The Kier molecular flexibility index (Phi) is 5.02. The zero-order valence-corrected chi connectivity index (χ0v) is 14.7. The fourth-order valence-electron chi connectivity index (χ4n) is 3.42. The molecule has 0 bridgehead atoms. The summed E-state index contributed by atoms with van der Waals surface area (Å²) >= 11 is 0. The van der Waals surface area contributed by atoms with Gasteiger partial charge in [0.1, 0.15) is 6.61 Å². The van der Waals surface area contributed by atoms with Gasteiger partial charge in [-0.15, -0.1) is 0 Å². The summed E-state index contributed by atoms with van der Waals surface area (Å²) in [5.74, 6) is 1.36. The Morgan fingerprint density at radius 3 is 2.73 bits per heavy atom. The van der Waals surface area contributed by atoms with Gasteiger partial charge in [0.2, 0.25) is 6.10 Å². The summed E-state index contributed by atoms with van der Waals surface area (Å²) in [5.41, 5.74) is 1.06. The molecule has 0 N–H and O–H groups in total. The number of hydrogen-bond donors (Lipinski definition) is 0. The molecule has 1 aromatic carbocycles. The molecule has 0 spiro atoms. The first-order valence-corrected chi connectivity index (χ1v) is 9.09. The summed E-state index contributed by atoms with van der Waals surface area (Å²) in [6.07, 6.45) is 2.21. The fourth-order valence-corrected chi connectivity index (χ4v) is 3.42. The Morgan fingerprint density at radius 2 is 1.88 bits per heavy atom. The van der Waals surface area contributed by atoms with Crippen LogP contribution in [0.5, 0.6) is 11.5 Å². The summed E-state index contributed by atoms with van der Waals surface area (Å²) < 4.78 is 11.6. The maximum atomic E-state index is 12.9. The molecular weight excluding hydrogens is 330 g/mol. The molecule has 0 radical (unpaired) electrons. The highest BCUT2D eigenvalue weighted by atomic mass is 16.6. The monoisotopic (exact) mass is 353 g/mol. The van der Waals surface area contributed by atoms with Gasteiger partial charge >= 0.3 is 0 Å². The zero-order valence-electron chi connectivity index (χ0n) is 14.7. The molecule has 1 unspecified atom stereocenters. The fraction of sp³-hybridized carbons (Fsp3) is 0.400. The van der Waals surface area contributed by atoms with Gasteiger partial charge in [-0.25, -0.2) is 0 Å². The topological polar surface area (TPSA) is 54.9 Å². The van der Waals surface area contributed by atoms with E-state index in [1.807, 2.05) is 53.6 Å². The first kappa shape index (κ1) is 16.8. The third-order valence-corrected chi connectivity index (χ3v) is 4.80. The lowest BCUT2D eigenvalue weighted by Crippen LogP contribution is -2.47. The van der Waals surface area contributed by atoms with E-state index in [0.717, 1.165) is 38.3 Å². The second kappa shape index (κ2) is 7.74. The predicted octanol–water partition coefficient (Wildman–Crippen LogP) is 1.96. The molecule has 1 saturated heterocycles. The summed E-state index contributed by atoms with van der Waals surface area (Å²) in [7, 11) is 0. The normalized spacial score (nSPS) is 20.5. The van der Waals surface area contributed by atoms with Crippen molar-refractivity contribution in [3.05, 3.63) is 54.4 Å². The molecule has 1 fully saturated rings. The van der Waals surface area contributed by atoms with Crippen LogP contribution in [0.15, 0.2) is 48.7 Å². The van der Waals surface area contributed by atoms with Crippen LogP contribution < -0.4 is 9.47 Å². The van der Waals surface area contributed by atoms with E-state index in [4.69, 9.17) is 9.47 Å². The van der Waals surface area contributed by atoms with Crippen molar-refractivity contribution in [2.24, 2.45) is 0 Å². The van der Waals surface area contributed by atoms with Crippen LogP contribution in [0.3, 0.4) is 0 Å².